The number of hydrogen-bond acceptors (Lipinski definition) is 9. The molecule has 5 rings (SSSR count). The first-order chi connectivity index (χ1) is 21.3. The van der Waals surface area contributed by atoms with Gasteiger partial charge in [-0.2, -0.15) is 0 Å². The Kier molecular flexibility index (Phi) is 9.50. The largest absolute Gasteiger partial charge is 0.497 e. The summed E-state index contributed by atoms with van der Waals surface area (Å²) >= 11 is 1.26. The van der Waals surface area contributed by atoms with Gasteiger partial charge in [0.2, 0.25) is 0 Å². The first kappa shape index (κ1) is 30.6. The van der Waals surface area contributed by atoms with Gasteiger partial charge in [-0.1, -0.05) is 47.2 Å². The predicted octanol–water partition coefficient (Wildman–Crippen LogP) is 4.58. The number of fused-ring (bicyclic) bond motifs is 1. The second-order valence-electron chi connectivity index (χ2n) is 10.00. The number of ether oxygens (including phenoxy) is 5. The predicted molar refractivity (Wildman–Crippen MR) is 169 cm³/mol. The molecular weight excluding hydrogens is 580 g/mol. The molecule has 9 nitrogen and oxygen atoms in total. The van der Waals surface area contributed by atoms with E-state index < -0.39 is 12.0 Å². The molecule has 1 aliphatic rings. The van der Waals surface area contributed by atoms with Crippen LogP contribution in [-0.4, -0.2) is 44.6 Å². The Morgan fingerprint density at radius 1 is 0.909 bits per heavy atom. The third kappa shape index (κ3) is 6.55. The standard InChI is InChI=1S/C34H34N2O7S/c1-6-41-33(38)30-22(3)35-34-36(31(30)24-10-14-25(39-4)15-11-24)32(37)29(44-34)20-23-9-16-27(28(19-23)40-5)43-18-17-42-26-12-7-21(2)8-13-26/h7-16,19-20,31H,6,17-18H2,1-5H3/b29-20+/t31-/m0/s1. The maximum Gasteiger partial charge on any atom is 0.338 e. The lowest BCUT2D eigenvalue weighted by Gasteiger charge is -2.24. The van der Waals surface area contributed by atoms with E-state index in [9.17, 15) is 9.59 Å². The molecular formula is C34H34N2O7S. The van der Waals surface area contributed by atoms with Gasteiger partial charge in [-0.05, 0) is 74.4 Å². The van der Waals surface area contributed by atoms with Gasteiger partial charge in [0.1, 0.15) is 24.7 Å². The van der Waals surface area contributed by atoms with Crippen molar-refractivity contribution in [3.63, 3.8) is 0 Å². The lowest BCUT2D eigenvalue weighted by molar-refractivity contribution is -0.139. The minimum Gasteiger partial charge on any atom is -0.497 e. The quantitative estimate of drug-likeness (QED) is 0.180. The molecule has 0 saturated heterocycles. The number of methoxy groups -OCH3 is 2. The van der Waals surface area contributed by atoms with Crippen LogP contribution in [0.3, 0.4) is 0 Å². The summed E-state index contributed by atoms with van der Waals surface area (Å²) in [4.78, 5) is 32.1. The molecule has 1 aromatic heterocycles. The lowest BCUT2D eigenvalue weighted by atomic mass is 9.96. The summed E-state index contributed by atoms with van der Waals surface area (Å²) < 4.78 is 29.9. The van der Waals surface area contributed by atoms with Crippen molar-refractivity contribution in [1.29, 1.82) is 0 Å². The fraction of sp³-hybridized carbons (Fsp3) is 0.265. The maximum atomic E-state index is 13.9. The Balaban J connectivity index is 1.44. The molecule has 1 atom stereocenters. The number of nitrogens with zero attached hydrogens (tertiary/aromatic N) is 2. The molecule has 0 aliphatic carbocycles. The molecule has 0 radical (unpaired) electrons. The summed E-state index contributed by atoms with van der Waals surface area (Å²) in [5.74, 6) is 2.03. The fourth-order valence-corrected chi connectivity index (χ4v) is 5.93. The molecule has 3 aromatic carbocycles. The number of benzene rings is 3. The van der Waals surface area contributed by atoms with Crippen molar-refractivity contribution in [1.82, 2.24) is 4.57 Å². The minimum atomic E-state index is -0.703. The zero-order valence-electron chi connectivity index (χ0n) is 25.3. The Hall–Kier alpha value is -4.83. The van der Waals surface area contributed by atoms with Crippen LogP contribution in [0.1, 0.15) is 36.6 Å². The van der Waals surface area contributed by atoms with Crippen LogP contribution in [0.4, 0.5) is 0 Å². The third-order valence-electron chi connectivity index (χ3n) is 7.06. The van der Waals surface area contributed by atoms with Crippen LogP contribution in [0.5, 0.6) is 23.0 Å². The topological polar surface area (TPSA) is 97.6 Å². The summed E-state index contributed by atoms with van der Waals surface area (Å²) in [6, 6.07) is 19.9. The second kappa shape index (κ2) is 13.6. The fourth-order valence-electron chi connectivity index (χ4n) is 4.88. The van der Waals surface area contributed by atoms with Crippen LogP contribution in [0.15, 0.2) is 87.8 Å². The maximum absolute atomic E-state index is 13.9. The molecule has 0 fully saturated rings. The average molecular weight is 615 g/mol. The summed E-state index contributed by atoms with van der Waals surface area (Å²) in [6.07, 6.45) is 1.78. The molecule has 228 valence electrons. The van der Waals surface area contributed by atoms with E-state index >= 15 is 0 Å². The van der Waals surface area contributed by atoms with E-state index in [0.717, 1.165) is 16.9 Å². The summed E-state index contributed by atoms with van der Waals surface area (Å²) in [5.41, 5.74) is 3.22. The number of rotatable bonds is 11. The number of allylic oxidation sites excluding steroid dienone is 1. The monoisotopic (exact) mass is 614 g/mol. The van der Waals surface area contributed by atoms with Crippen molar-refractivity contribution in [3.05, 3.63) is 114 Å². The van der Waals surface area contributed by atoms with Crippen LogP contribution in [0, 0.1) is 6.92 Å². The number of thiazole rings is 1. The second-order valence-corrected chi connectivity index (χ2v) is 11.0. The lowest BCUT2D eigenvalue weighted by Crippen LogP contribution is -2.39. The third-order valence-corrected chi connectivity index (χ3v) is 8.05. The minimum absolute atomic E-state index is 0.205. The highest BCUT2D eigenvalue weighted by atomic mass is 32.1. The van der Waals surface area contributed by atoms with E-state index in [1.54, 1.807) is 56.9 Å². The zero-order chi connectivity index (χ0) is 31.2. The van der Waals surface area contributed by atoms with Gasteiger partial charge in [0.15, 0.2) is 16.3 Å². The van der Waals surface area contributed by atoms with Crippen molar-refractivity contribution in [3.8, 4) is 23.0 Å². The van der Waals surface area contributed by atoms with E-state index in [2.05, 4.69) is 4.99 Å². The molecule has 0 saturated carbocycles. The number of carbonyl (C=O) groups excluding carboxylic acids is 1. The van der Waals surface area contributed by atoms with Crippen LogP contribution < -0.4 is 33.8 Å². The van der Waals surface area contributed by atoms with Crippen molar-refractivity contribution < 1.29 is 28.5 Å². The van der Waals surface area contributed by atoms with E-state index in [1.807, 2.05) is 55.5 Å². The average Bonchev–Trinajstić information content (AvgIpc) is 3.33. The highest BCUT2D eigenvalue weighted by Crippen LogP contribution is 2.32. The zero-order valence-corrected chi connectivity index (χ0v) is 26.1. The number of esters is 1. The van der Waals surface area contributed by atoms with Gasteiger partial charge in [-0.15, -0.1) is 0 Å². The highest BCUT2D eigenvalue weighted by molar-refractivity contribution is 7.07. The Morgan fingerprint density at radius 3 is 2.30 bits per heavy atom. The smallest absolute Gasteiger partial charge is 0.338 e. The van der Waals surface area contributed by atoms with Gasteiger partial charge in [0.25, 0.3) is 5.56 Å². The highest BCUT2D eigenvalue weighted by Gasteiger charge is 2.33. The van der Waals surface area contributed by atoms with Crippen molar-refractivity contribution in [2.75, 3.05) is 34.0 Å². The molecule has 0 N–H and O–H groups in total. The van der Waals surface area contributed by atoms with Crippen molar-refractivity contribution in [2.24, 2.45) is 4.99 Å². The van der Waals surface area contributed by atoms with E-state index in [4.69, 9.17) is 23.7 Å². The van der Waals surface area contributed by atoms with Gasteiger partial charge in [0.05, 0.1) is 42.7 Å². The Morgan fingerprint density at radius 2 is 1.61 bits per heavy atom. The van der Waals surface area contributed by atoms with Crippen molar-refractivity contribution >= 4 is 23.4 Å². The first-order valence-corrected chi connectivity index (χ1v) is 15.0. The SMILES string of the molecule is CCOC(=O)C1=C(C)N=c2s/c(=C/c3ccc(OCCOc4ccc(C)cc4)c(OC)c3)c(=O)n2[C@H]1c1ccc(OC)cc1. The molecule has 0 spiro atoms. The molecule has 0 amide bonds. The van der Waals surface area contributed by atoms with E-state index in [1.165, 1.54) is 16.9 Å². The Bertz CT molecular complexity index is 1860. The Labute approximate surface area is 259 Å². The van der Waals surface area contributed by atoms with E-state index in [0.29, 0.717) is 51.1 Å². The van der Waals surface area contributed by atoms with Crippen LogP contribution in [0.25, 0.3) is 6.08 Å². The summed E-state index contributed by atoms with van der Waals surface area (Å²) in [7, 11) is 3.15. The normalized spacial score (nSPS) is 14.5. The number of aromatic nitrogens is 1. The molecule has 1 aliphatic heterocycles. The number of hydrogen-bond donors (Lipinski definition) is 0. The van der Waals surface area contributed by atoms with Crippen molar-refractivity contribution in [2.45, 2.75) is 26.8 Å². The van der Waals surface area contributed by atoms with Gasteiger partial charge in [-0.3, -0.25) is 9.36 Å². The van der Waals surface area contributed by atoms with Crippen LogP contribution in [0.2, 0.25) is 0 Å². The first-order valence-electron chi connectivity index (χ1n) is 14.2. The summed E-state index contributed by atoms with van der Waals surface area (Å²) in [6.45, 7) is 6.44. The molecule has 4 aromatic rings. The van der Waals surface area contributed by atoms with Gasteiger partial charge < -0.3 is 23.7 Å². The molecule has 0 unspecified atom stereocenters. The molecule has 10 heteroatoms. The molecule has 44 heavy (non-hydrogen) atoms. The van der Waals surface area contributed by atoms with Crippen LogP contribution in [-0.2, 0) is 9.53 Å². The summed E-state index contributed by atoms with van der Waals surface area (Å²) in [5, 5.41) is 0. The van der Waals surface area contributed by atoms with Gasteiger partial charge >= 0.3 is 5.97 Å². The van der Waals surface area contributed by atoms with Crippen LogP contribution >= 0.6 is 11.3 Å². The van der Waals surface area contributed by atoms with E-state index in [-0.39, 0.29) is 12.2 Å². The molecule has 0 bridgehead atoms. The number of carbonyl (C=O) groups is 1. The number of aryl methyl sites for hydroxylation is 1. The molecule has 2 heterocycles. The van der Waals surface area contributed by atoms with Gasteiger partial charge in [-0.25, -0.2) is 9.79 Å². The van der Waals surface area contributed by atoms with Gasteiger partial charge in [0, 0.05) is 0 Å².